The van der Waals surface area contributed by atoms with Crippen molar-refractivity contribution in [3.63, 3.8) is 0 Å². The van der Waals surface area contributed by atoms with Gasteiger partial charge < -0.3 is 4.57 Å². The predicted octanol–water partition coefficient (Wildman–Crippen LogP) is 2.59. The van der Waals surface area contributed by atoms with E-state index >= 15 is 0 Å². The monoisotopic (exact) mass is 319 g/mol. The molecule has 5 nitrogen and oxygen atoms in total. The SMILES string of the molecule is Cc1ncc2c(n1)CN(Cc1nccn1Cc1ccccc1)CC2. The van der Waals surface area contributed by atoms with Crippen LogP contribution in [0, 0.1) is 6.92 Å². The van der Waals surface area contributed by atoms with Crippen LogP contribution in [0.1, 0.15) is 28.5 Å². The maximum atomic E-state index is 4.60. The first-order valence-corrected chi connectivity index (χ1v) is 8.35. The molecule has 0 spiro atoms. The Morgan fingerprint density at radius 3 is 2.83 bits per heavy atom. The van der Waals surface area contributed by atoms with E-state index in [0.717, 1.165) is 49.9 Å². The third-order valence-corrected chi connectivity index (χ3v) is 4.51. The van der Waals surface area contributed by atoms with Gasteiger partial charge in [-0.3, -0.25) is 4.90 Å². The summed E-state index contributed by atoms with van der Waals surface area (Å²) >= 11 is 0. The van der Waals surface area contributed by atoms with Crippen molar-refractivity contribution in [2.75, 3.05) is 6.54 Å². The number of hydrogen-bond acceptors (Lipinski definition) is 4. The summed E-state index contributed by atoms with van der Waals surface area (Å²) in [7, 11) is 0. The average Bonchev–Trinajstić information content (AvgIpc) is 3.02. The highest BCUT2D eigenvalue weighted by Gasteiger charge is 2.19. The molecule has 122 valence electrons. The smallest absolute Gasteiger partial charge is 0.125 e. The van der Waals surface area contributed by atoms with Gasteiger partial charge in [0.15, 0.2) is 0 Å². The third-order valence-electron chi connectivity index (χ3n) is 4.51. The van der Waals surface area contributed by atoms with Crippen LogP contribution in [0.15, 0.2) is 48.9 Å². The molecule has 0 saturated heterocycles. The molecule has 3 heterocycles. The molecule has 5 heteroatoms. The molecule has 4 rings (SSSR count). The van der Waals surface area contributed by atoms with Gasteiger partial charge in [-0.25, -0.2) is 15.0 Å². The number of imidazole rings is 1. The fraction of sp³-hybridized carbons (Fsp3) is 0.316. The van der Waals surface area contributed by atoms with Crippen LogP contribution in [0.2, 0.25) is 0 Å². The number of aryl methyl sites for hydroxylation is 1. The molecule has 0 atom stereocenters. The highest BCUT2D eigenvalue weighted by Crippen LogP contribution is 2.18. The molecule has 24 heavy (non-hydrogen) atoms. The quantitative estimate of drug-likeness (QED) is 0.741. The Morgan fingerprint density at radius 2 is 1.96 bits per heavy atom. The van der Waals surface area contributed by atoms with Crippen LogP contribution in [-0.2, 0) is 26.1 Å². The predicted molar refractivity (Wildman–Crippen MR) is 92.4 cm³/mol. The second kappa shape index (κ2) is 6.53. The molecule has 0 aliphatic carbocycles. The normalized spacial score (nSPS) is 14.5. The molecule has 1 aliphatic heterocycles. The molecule has 1 aromatic carbocycles. The summed E-state index contributed by atoms with van der Waals surface area (Å²) in [5, 5.41) is 0. The Bertz CT molecular complexity index is 825. The lowest BCUT2D eigenvalue weighted by atomic mass is 10.1. The fourth-order valence-corrected chi connectivity index (χ4v) is 3.21. The van der Waals surface area contributed by atoms with Crippen LogP contribution in [0.25, 0.3) is 0 Å². The van der Waals surface area contributed by atoms with E-state index in [1.807, 2.05) is 25.4 Å². The fourth-order valence-electron chi connectivity index (χ4n) is 3.21. The zero-order chi connectivity index (χ0) is 16.4. The first kappa shape index (κ1) is 15.0. The summed E-state index contributed by atoms with van der Waals surface area (Å²) in [5.41, 5.74) is 3.74. The summed E-state index contributed by atoms with van der Waals surface area (Å²) in [5.74, 6) is 1.95. The molecule has 0 radical (unpaired) electrons. The first-order chi connectivity index (χ1) is 11.8. The molecule has 2 aromatic heterocycles. The molecule has 0 saturated carbocycles. The molecule has 0 fully saturated rings. The lowest BCUT2D eigenvalue weighted by Crippen LogP contribution is -2.32. The minimum Gasteiger partial charge on any atom is -0.329 e. The highest BCUT2D eigenvalue weighted by molar-refractivity contribution is 5.20. The van der Waals surface area contributed by atoms with Crippen molar-refractivity contribution in [2.24, 2.45) is 0 Å². The first-order valence-electron chi connectivity index (χ1n) is 8.35. The minimum atomic E-state index is 0.848. The summed E-state index contributed by atoms with van der Waals surface area (Å²) in [6.45, 7) is 5.56. The van der Waals surface area contributed by atoms with Gasteiger partial charge in [-0.1, -0.05) is 30.3 Å². The molecular weight excluding hydrogens is 298 g/mol. The molecule has 3 aromatic rings. The van der Waals surface area contributed by atoms with Crippen molar-refractivity contribution >= 4 is 0 Å². The van der Waals surface area contributed by atoms with E-state index in [1.54, 1.807) is 0 Å². The molecule has 0 unspecified atom stereocenters. The molecule has 0 amide bonds. The second-order valence-electron chi connectivity index (χ2n) is 6.31. The van der Waals surface area contributed by atoms with E-state index in [1.165, 1.54) is 11.1 Å². The number of aromatic nitrogens is 4. The zero-order valence-corrected chi connectivity index (χ0v) is 13.9. The van der Waals surface area contributed by atoms with Gasteiger partial charge in [0.25, 0.3) is 0 Å². The Kier molecular flexibility index (Phi) is 4.09. The van der Waals surface area contributed by atoms with Crippen molar-refractivity contribution in [1.82, 2.24) is 24.4 Å². The summed E-state index contributed by atoms with van der Waals surface area (Å²) in [6.07, 6.45) is 6.94. The number of hydrogen-bond donors (Lipinski definition) is 0. The van der Waals surface area contributed by atoms with Gasteiger partial charge in [-0.2, -0.15) is 0 Å². The standard InChI is InChI=1S/C19H21N5/c1-15-21-11-17-7-9-23(13-18(17)22-15)14-19-20-8-10-24(19)12-16-5-3-2-4-6-16/h2-6,8,10-11H,7,9,12-14H2,1H3. The molecule has 1 aliphatic rings. The molecule has 0 bridgehead atoms. The molecule has 0 N–H and O–H groups in total. The number of benzene rings is 1. The summed E-state index contributed by atoms with van der Waals surface area (Å²) < 4.78 is 2.23. The van der Waals surface area contributed by atoms with Gasteiger partial charge in [0, 0.05) is 38.2 Å². The average molecular weight is 319 g/mol. The van der Waals surface area contributed by atoms with Crippen LogP contribution in [0.4, 0.5) is 0 Å². The van der Waals surface area contributed by atoms with Gasteiger partial charge in [0.05, 0.1) is 12.2 Å². The van der Waals surface area contributed by atoms with Crippen LogP contribution >= 0.6 is 0 Å². The molecular formula is C19H21N5. The van der Waals surface area contributed by atoms with Crippen molar-refractivity contribution in [1.29, 1.82) is 0 Å². The van der Waals surface area contributed by atoms with Gasteiger partial charge in [0.1, 0.15) is 11.6 Å². The van der Waals surface area contributed by atoms with E-state index in [-0.39, 0.29) is 0 Å². The van der Waals surface area contributed by atoms with Crippen molar-refractivity contribution < 1.29 is 0 Å². The Balaban J connectivity index is 1.48. The van der Waals surface area contributed by atoms with Crippen molar-refractivity contribution in [3.05, 3.63) is 77.4 Å². The van der Waals surface area contributed by atoms with E-state index < -0.39 is 0 Å². The van der Waals surface area contributed by atoms with Crippen molar-refractivity contribution in [3.8, 4) is 0 Å². The van der Waals surface area contributed by atoms with Gasteiger partial charge in [-0.15, -0.1) is 0 Å². The second-order valence-corrected chi connectivity index (χ2v) is 6.31. The topological polar surface area (TPSA) is 46.8 Å². The van der Waals surface area contributed by atoms with Gasteiger partial charge in [-0.05, 0) is 24.5 Å². The summed E-state index contributed by atoms with van der Waals surface area (Å²) in [6, 6.07) is 10.5. The van der Waals surface area contributed by atoms with Crippen LogP contribution in [-0.4, -0.2) is 31.0 Å². The number of rotatable bonds is 4. The van der Waals surface area contributed by atoms with E-state index in [0.29, 0.717) is 0 Å². The lowest BCUT2D eigenvalue weighted by Gasteiger charge is -2.27. The van der Waals surface area contributed by atoms with Gasteiger partial charge >= 0.3 is 0 Å². The van der Waals surface area contributed by atoms with E-state index in [2.05, 4.69) is 54.9 Å². The van der Waals surface area contributed by atoms with Crippen LogP contribution in [0.5, 0.6) is 0 Å². The van der Waals surface area contributed by atoms with E-state index in [4.69, 9.17) is 0 Å². The maximum Gasteiger partial charge on any atom is 0.125 e. The van der Waals surface area contributed by atoms with Gasteiger partial charge in [0.2, 0.25) is 0 Å². The number of nitrogens with zero attached hydrogens (tertiary/aromatic N) is 5. The van der Waals surface area contributed by atoms with E-state index in [9.17, 15) is 0 Å². The van der Waals surface area contributed by atoms with Crippen molar-refractivity contribution in [2.45, 2.75) is 33.0 Å². The van der Waals surface area contributed by atoms with Crippen LogP contribution in [0.3, 0.4) is 0 Å². The maximum absolute atomic E-state index is 4.60. The Hall–Kier alpha value is -2.53. The largest absolute Gasteiger partial charge is 0.329 e. The van der Waals surface area contributed by atoms with Crippen LogP contribution < -0.4 is 0 Å². The Morgan fingerprint density at radius 1 is 1.08 bits per heavy atom. The summed E-state index contributed by atoms with van der Waals surface area (Å²) in [4.78, 5) is 15.9. The Labute approximate surface area is 142 Å². The highest BCUT2D eigenvalue weighted by atomic mass is 15.2. The zero-order valence-electron chi connectivity index (χ0n) is 13.9. The number of fused-ring (bicyclic) bond motifs is 1. The minimum absolute atomic E-state index is 0.848. The third kappa shape index (κ3) is 3.21. The lowest BCUT2D eigenvalue weighted by molar-refractivity contribution is 0.232.